The second-order valence-electron chi connectivity index (χ2n) is 6.53. The first kappa shape index (κ1) is 17.4. The highest BCUT2D eigenvalue weighted by molar-refractivity contribution is 6.30. The van der Waals surface area contributed by atoms with Crippen molar-refractivity contribution in [2.75, 3.05) is 5.43 Å². The quantitative estimate of drug-likeness (QED) is 0.427. The van der Waals surface area contributed by atoms with E-state index in [-0.39, 0.29) is 0 Å². The van der Waals surface area contributed by atoms with Crippen LogP contribution >= 0.6 is 11.6 Å². The Morgan fingerprint density at radius 2 is 1.56 bits per heavy atom. The molecule has 3 nitrogen and oxygen atoms in total. The van der Waals surface area contributed by atoms with Gasteiger partial charge in [-0.25, -0.2) is 0 Å². The number of para-hydroxylation sites is 1. The average Bonchev–Trinajstić information content (AvgIpc) is 2.68. The molecular formula is C23H19ClN2O. The summed E-state index contributed by atoms with van der Waals surface area (Å²) in [6, 6.07) is 23.6. The van der Waals surface area contributed by atoms with Gasteiger partial charge in [-0.1, -0.05) is 29.8 Å². The summed E-state index contributed by atoms with van der Waals surface area (Å²) in [6.07, 6.45) is 0. The fourth-order valence-corrected chi connectivity index (χ4v) is 3.04. The van der Waals surface area contributed by atoms with E-state index in [9.17, 15) is 0 Å². The number of halogens is 1. The molecule has 0 spiro atoms. The minimum absolute atomic E-state index is 0.696. The van der Waals surface area contributed by atoms with E-state index >= 15 is 0 Å². The van der Waals surface area contributed by atoms with Gasteiger partial charge in [0.25, 0.3) is 0 Å². The van der Waals surface area contributed by atoms with Crippen LogP contribution in [0.2, 0.25) is 5.02 Å². The molecule has 0 bridgehead atoms. The third-order valence-electron chi connectivity index (χ3n) is 4.57. The van der Waals surface area contributed by atoms with Crippen LogP contribution in [-0.4, -0.2) is 0 Å². The summed E-state index contributed by atoms with van der Waals surface area (Å²) in [7, 11) is 0. The molecule has 0 fully saturated rings. The smallest absolute Gasteiger partial charge is 0.137 e. The molecule has 134 valence electrons. The Morgan fingerprint density at radius 1 is 0.852 bits per heavy atom. The second-order valence-corrected chi connectivity index (χ2v) is 6.96. The van der Waals surface area contributed by atoms with Crippen LogP contribution in [0.1, 0.15) is 11.1 Å². The summed E-state index contributed by atoms with van der Waals surface area (Å²) >= 11 is 6.02. The lowest BCUT2D eigenvalue weighted by atomic mass is 10.1. The molecular weight excluding hydrogens is 356 g/mol. The van der Waals surface area contributed by atoms with Crippen molar-refractivity contribution in [1.82, 2.24) is 0 Å². The molecule has 4 heteroatoms. The van der Waals surface area contributed by atoms with E-state index in [4.69, 9.17) is 16.0 Å². The largest absolute Gasteiger partial charge is 0.456 e. The van der Waals surface area contributed by atoms with Crippen molar-refractivity contribution in [2.45, 2.75) is 13.8 Å². The lowest BCUT2D eigenvalue weighted by Gasteiger charge is -2.08. The van der Waals surface area contributed by atoms with Crippen LogP contribution in [0, 0.1) is 13.8 Å². The summed E-state index contributed by atoms with van der Waals surface area (Å²) in [4.78, 5) is 0. The van der Waals surface area contributed by atoms with Gasteiger partial charge in [0.05, 0.1) is 11.0 Å². The van der Waals surface area contributed by atoms with Gasteiger partial charge in [-0.05, 0) is 73.5 Å². The molecule has 0 saturated carbocycles. The number of anilines is 1. The van der Waals surface area contributed by atoms with Gasteiger partial charge in [-0.3, -0.25) is 5.43 Å². The van der Waals surface area contributed by atoms with E-state index in [1.54, 1.807) is 0 Å². The van der Waals surface area contributed by atoms with E-state index in [0.717, 1.165) is 33.3 Å². The van der Waals surface area contributed by atoms with Crippen LogP contribution in [0.15, 0.2) is 82.3 Å². The number of hydrogen-bond acceptors (Lipinski definition) is 3. The number of aryl methyl sites for hydroxylation is 2. The van der Waals surface area contributed by atoms with Crippen molar-refractivity contribution in [3.63, 3.8) is 0 Å². The Morgan fingerprint density at radius 3 is 2.30 bits per heavy atom. The lowest BCUT2D eigenvalue weighted by molar-refractivity contribution is 0.618. The van der Waals surface area contributed by atoms with Gasteiger partial charge in [-0.15, -0.1) is 0 Å². The van der Waals surface area contributed by atoms with Crippen LogP contribution in [0.5, 0.6) is 0 Å². The van der Waals surface area contributed by atoms with Crippen molar-refractivity contribution in [3.05, 3.63) is 94.3 Å². The van der Waals surface area contributed by atoms with Crippen molar-refractivity contribution >= 4 is 28.3 Å². The molecule has 1 aromatic heterocycles. The molecule has 0 amide bonds. The number of hydrogen-bond donors (Lipinski definition) is 1. The molecule has 4 aromatic rings. The van der Waals surface area contributed by atoms with Gasteiger partial charge >= 0.3 is 0 Å². The molecule has 0 aliphatic rings. The Labute approximate surface area is 162 Å². The summed E-state index contributed by atoms with van der Waals surface area (Å²) in [5, 5.41) is 7.14. The van der Waals surface area contributed by atoms with E-state index in [2.05, 4.69) is 36.5 Å². The third kappa shape index (κ3) is 3.74. The van der Waals surface area contributed by atoms with Gasteiger partial charge in [-0.2, -0.15) is 5.10 Å². The van der Waals surface area contributed by atoms with Crippen LogP contribution in [0.4, 0.5) is 5.69 Å². The minimum Gasteiger partial charge on any atom is -0.456 e. The maximum atomic E-state index is 6.19. The van der Waals surface area contributed by atoms with Crippen LogP contribution < -0.4 is 10.8 Å². The molecule has 0 aliphatic carbocycles. The Balaban J connectivity index is 1.91. The van der Waals surface area contributed by atoms with Gasteiger partial charge in [0.2, 0.25) is 0 Å². The number of benzene rings is 3. The van der Waals surface area contributed by atoms with E-state index in [1.807, 2.05) is 60.7 Å². The zero-order chi connectivity index (χ0) is 18.8. The average molecular weight is 375 g/mol. The zero-order valence-corrected chi connectivity index (χ0v) is 15.9. The fourth-order valence-electron chi connectivity index (χ4n) is 2.91. The summed E-state index contributed by atoms with van der Waals surface area (Å²) in [5.41, 5.74) is 8.21. The zero-order valence-electron chi connectivity index (χ0n) is 15.2. The van der Waals surface area contributed by atoms with Gasteiger partial charge in [0.1, 0.15) is 11.3 Å². The van der Waals surface area contributed by atoms with Gasteiger partial charge < -0.3 is 4.42 Å². The highest BCUT2D eigenvalue weighted by Gasteiger charge is 2.08. The Kier molecular flexibility index (Phi) is 4.69. The SMILES string of the molecule is Cc1cc2oc(-c3ccc(Cl)cc3)c/c(=N/Nc3ccccc3)c2cc1C. The first-order valence-electron chi connectivity index (χ1n) is 8.76. The predicted octanol–water partition coefficient (Wildman–Crippen LogP) is 6.30. The topological polar surface area (TPSA) is 37.5 Å². The monoisotopic (exact) mass is 374 g/mol. The lowest BCUT2D eigenvalue weighted by Crippen LogP contribution is -2.08. The number of nitrogens with zero attached hydrogens (tertiary/aromatic N) is 1. The first-order chi connectivity index (χ1) is 13.1. The number of fused-ring (bicyclic) bond motifs is 1. The Bertz CT molecular complexity index is 1160. The maximum absolute atomic E-state index is 6.19. The van der Waals surface area contributed by atoms with E-state index < -0.39 is 0 Å². The predicted molar refractivity (Wildman–Crippen MR) is 112 cm³/mol. The van der Waals surface area contributed by atoms with Gasteiger partial charge in [0.15, 0.2) is 0 Å². The molecule has 0 unspecified atom stereocenters. The maximum Gasteiger partial charge on any atom is 0.137 e. The highest BCUT2D eigenvalue weighted by Crippen LogP contribution is 2.25. The molecule has 0 saturated heterocycles. The van der Waals surface area contributed by atoms with Crippen LogP contribution in [-0.2, 0) is 0 Å². The summed E-state index contributed by atoms with van der Waals surface area (Å²) in [5.74, 6) is 0.746. The molecule has 1 N–H and O–H groups in total. The van der Waals surface area contributed by atoms with Gasteiger partial charge in [0, 0.05) is 22.0 Å². The van der Waals surface area contributed by atoms with E-state index in [0.29, 0.717) is 5.02 Å². The minimum atomic E-state index is 0.696. The van der Waals surface area contributed by atoms with Crippen LogP contribution in [0.3, 0.4) is 0 Å². The summed E-state index contributed by atoms with van der Waals surface area (Å²) in [6.45, 7) is 4.18. The van der Waals surface area contributed by atoms with Crippen molar-refractivity contribution < 1.29 is 4.42 Å². The molecule has 0 radical (unpaired) electrons. The van der Waals surface area contributed by atoms with E-state index in [1.165, 1.54) is 11.1 Å². The van der Waals surface area contributed by atoms with Crippen LogP contribution in [0.25, 0.3) is 22.3 Å². The standard InChI is InChI=1S/C23H19ClN2O/c1-15-12-20-21(26-25-19-6-4-3-5-7-19)14-22(27-23(20)13-16(15)2)17-8-10-18(24)11-9-17/h3-14,25H,1-2H3/b26-21-. The molecule has 4 rings (SSSR count). The number of nitrogens with one attached hydrogen (secondary N) is 1. The molecule has 27 heavy (non-hydrogen) atoms. The molecule has 0 aliphatic heterocycles. The highest BCUT2D eigenvalue weighted by atomic mass is 35.5. The van der Waals surface area contributed by atoms with Crippen molar-refractivity contribution in [3.8, 4) is 11.3 Å². The summed E-state index contributed by atoms with van der Waals surface area (Å²) < 4.78 is 6.19. The molecule has 1 heterocycles. The molecule has 0 atom stereocenters. The normalized spacial score (nSPS) is 11.7. The van der Waals surface area contributed by atoms with Crippen molar-refractivity contribution in [1.29, 1.82) is 0 Å². The third-order valence-corrected chi connectivity index (χ3v) is 4.82. The fraction of sp³-hybridized carbons (Fsp3) is 0.0870. The van der Waals surface area contributed by atoms with Crippen molar-refractivity contribution in [2.24, 2.45) is 5.10 Å². The first-order valence-corrected chi connectivity index (χ1v) is 9.14. The Hall–Kier alpha value is -3.04. The number of rotatable bonds is 3. The second kappa shape index (κ2) is 7.29. The molecule has 3 aromatic carbocycles.